The molecule has 2 aromatic heterocycles. The summed E-state index contributed by atoms with van der Waals surface area (Å²) in [5, 5.41) is 8.85. The Morgan fingerprint density at radius 2 is 1.74 bits per heavy atom. The van der Waals surface area contributed by atoms with Gasteiger partial charge in [0.05, 0.1) is 28.6 Å². The number of carbonyl (C=O) groups excluding carboxylic acids is 6. The lowest BCUT2D eigenvalue weighted by atomic mass is 9.93. The fourth-order valence-electron chi connectivity index (χ4n) is 9.25. The molecule has 6 amide bonds. The maximum atomic E-state index is 15.1. The molecule has 3 aromatic carbocycles. The minimum atomic E-state index is -4.84. The molecule has 68 heavy (non-hydrogen) atoms. The van der Waals surface area contributed by atoms with Gasteiger partial charge in [-0.15, -0.1) is 13.2 Å². The number of anilines is 3. The molecule has 3 aliphatic rings. The molecule has 16 nitrogen and oxygen atoms in total. The molecule has 3 aliphatic heterocycles. The molecule has 1 saturated heterocycles. The van der Waals surface area contributed by atoms with E-state index in [2.05, 4.69) is 30.7 Å². The van der Waals surface area contributed by atoms with Gasteiger partial charge in [-0.3, -0.25) is 39.0 Å². The van der Waals surface area contributed by atoms with E-state index in [1.54, 1.807) is 11.0 Å². The first-order valence-corrected chi connectivity index (χ1v) is 22.4. The zero-order valence-corrected chi connectivity index (χ0v) is 37.3. The monoisotopic (exact) mass is 939 g/mol. The first-order valence-electron chi connectivity index (χ1n) is 22.4. The number of fused-ring (bicyclic) bond motifs is 3. The van der Waals surface area contributed by atoms with Crippen LogP contribution < -0.4 is 31.3 Å². The number of piperidine rings is 1. The van der Waals surface area contributed by atoms with E-state index in [0.29, 0.717) is 74.3 Å². The molecular formula is C48H49F4N9O7. The van der Waals surface area contributed by atoms with E-state index in [4.69, 9.17) is 5.73 Å². The number of nitrogen functional groups attached to an aromatic ring is 1. The normalized spacial score (nSPS) is 16.7. The van der Waals surface area contributed by atoms with Crippen LogP contribution in [-0.2, 0) is 38.6 Å². The number of halogens is 4. The minimum Gasteiger partial charge on any atom is -0.406 e. The van der Waals surface area contributed by atoms with Crippen LogP contribution in [0.15, 0.2) is 67.1 Å². The van der Waals surface area contributed by atoms with Gasteiger partial charge >= 0.3 is 6.36 Å². The van der Waals surface area contributed by atoms with E-state index in [9.17, 15) is 41.9 Å². The molecule has 8 rings (SSSR count). The number of ether oxygens (including phenoxy) is 1. The molecule has 356 valence electrons. The Balaban J connectivity index is 0.800. The van der Waals surface area contributed by atoms with Crippen molar-refractivity contribution in [3.8, 4) is 16.9 Å². The van der Waals surface area contributed by atoms with Crippen LogP contribution in [-0.4, -0.2) is 86.9 Å². The molecule has 1 fully saturated rings. The summed E-state index contributed by atoms with van der Waals surface area (Å²) in [6.45, 7) is 5.61. The van der Waals surface area contributed by atoms with Crippen LogP contribution in [0.3, 0.4) is 0 Å². The summed E-state index contributed by atoms with van der Waals surface area (Å²) in [5.74, 6) is -3.99. The Morgan fingerprint density at radius 3 is 2.50 bits per heavy atom. The average molecular weight is 940 g/mol. The number of hydrogen-bond acceptors (Lipinski definition) is 11. The zero-order chi connectivity index (χ0) is 48.4. The number of imide groups is 2. The van der Waals surface area contributed by atoms with E-state index in [-0.39, 0.29) is 65.5 Å². The molecule has 20 heteroatoms. The SMILES string of the molecule is CC(CCCNc1cc2c(cc1F)C(=O)N(C1CCC(=O)NC1=O)C2=O)CC(C)C(=O)NCCCn1cc(-c2ccc3c(c2)CCN3C(=O)Cc2cccc(OC(F)(F)F)c2)c2c(N)ncnc21. The Bertz CT molecular complexity index is 2830. The van der Waals surface area contributed by atoms with Gasteiger partial charge in [0, 0.05) is 56.0 Å². The summed E-state index contributed by atoms with van der Waals surface area (Å²) in [6, 6.07) is 12.2. The lowest BCUT2D eigenvalue weighted by Crippen LogP contribution is -2.54. The fraction of sp³-hybridized carbons (Fsp3) is 0.375. The number of carbonyl (C=O) groups is 6. The van der Waals surface area contributed by atoms with Crippen molar-refractivity contribution in [2.45, 2.75) is 84.2 Å². The number of hydrogen-bond donors (Lipinski definition) is 4. The fourth-order valence-corrected chi connectivity index (χ4v) is 9.25. The third-order valence-corrected chi connectivity index (χ3v) is 12.6. The molecule has 0 spiro atoms. The highest BCUT2D eigenvalue weighted by Gasteiger charge is 2.45. The summed E-state index contributed by atoms with van der Waals surface area (Å²) < 4.78 is 59.3. The van der Waals surface area contributed by atoms with E-state index in [1.807, 2.05) is 42.8 Å². The lowest BCUT2D eigenvalue weighted by molar-refractivity contribution is -0.274. The van der Waals surface area contributed by atoms with Crippen LogP contribution in [0.5, 0.6) is 5.75 Å². The number of benzene rings is 3. The van der Waals surface area contributed by atoms with Crippen LogP contribution in [0.25, 0.3) is 22.2 Å². The number of nitrogens with one attached hydrogen (secondary N) is 3. The Labute approximate surface area is 387 Å². The minimum absolute atomic E-state index is 0.00160. The number of amides is 6. The summed E-state index contributed by atoms with van der Waals surface area (Å²) in [4.78, 5) is 87.8. The van der Waals surface area contributed by atoms with Crippen LogP contribution in [0, 0.1) is 17.7 Å². The van der Waals surface area contributed by atoms with Crippen molar-refractivity contribution in [1.29, 1.82) is 0 Å². The van der Waals surface area contributed by atoms with E-state index in [0.717, 1.165) is 39.8 Å². The highest BCUT2D eigenvalue weighted by Crippen LogP contribution is 2.38. The van der Waals surface area contributed by atoms with Gasteiger partial charge in [0.25, 0.3) is 11.8 Å². The summed E-state index contributed by atoms with van der Waals surface area (Å²) in [6.07, 6.45) is 1.53. The second-order valence-corrected chi connectivity index (χ2v) is 17.5. The molecule has 0 bridgehead atoms. The zero-order valence-electron chi connectivity index (χ0n) is 37.3. The summed E-state index contributed by atoms with van der Waals surface area (Å²) in [7, 11) is 0. The molecule has 3 unspecified atom stereocenters. The summed E-state index contributed by atoms with van der Waals surface area (Å²) >= 11 is 0. The maximum Gasteiger partial charge on any atom is 0.573 e. The van der Waals surface area contributed by atoms with Gasteiger partial charge in [0.2, 0.25) is 23.6 Å². The predicted octanol–water partition coefficient (Wildman–Crippen LogP) is 6.31. The number of rotatable bonds is 17. The number of aryl methyl sites for hydroxylation is 1. The topological polar surface area (TPSA) is 211 Å². The Morgan fingerprint density at radius 1 is 0.956 bits per heavy atom. The number of alkyl halides is 3. The molecular weight excluding hydrogens is 891 g/mol. The predicted molar refractivity (Wildman–Crippen MR) is 242 cm³/mol. The van der Waals surface area contributed by atoms with Gasteiger partial charge in [0.15, 0.2) is 0 Å². The smallest absolute Gasteiger partial charge is 0.406 e. The van der Waals surface area contributed by atoms with Gasteiger partial charge in [0.1, 0.15) is 35.4 Å². The number of aromatic nitrogens is 3. The van der Waals surface area contributed by atoms with Crippen molar-refractivity contribution in [3.05, 3.63) is 95.2 Å². The van der Waals surface area contributed by atoms with Crippen molar-refractivity contribution < 1.29 is 51.1 Å². The average Bonchev–Trinajstić information content (AvgIpc) is 3.95. The second-order valence-electron chi connectivity index (χ2n) is 17.5. The van der Waals surface area contributed by atoms with Crippen LogP contribution in [0.4, 0.5) is 34.8 Å². The number of nitrogens with zero attached hydrogens (tertiary/aromatic N) is 5. The van der Waals surface area contributed by atoms with E-state index >= 15 is 4.39 Å². The van der Waals surface area contributed by atoms with Crippen molar-refractivity contribution in [3.63, 3.8) is 0 Å². The van der Waals surface area contributed by atoms with Crippen LogP contribution >= 0.6 is 0 Å². The Hall–Kier alpha value is -7.38. The van der Waals surface area contributed by atoms with Gasteiger partial charge in [-0.2, -0.15) is 0 Å². The molecule has 5 aromatic rings. The molecule has 0 aliphatic carbocycles. The molecule has 5 heterocycles. The van der Waals surface area contributed by atoms with Gasteiger partial charge in [-0.1, -0.05) is 32.0 Å². The van der Waals surface area contributed by atoms with Gasteiger partial charge in [-0.05, 0) is 97.5 Å². The van der Waals surface area contributed by atoms with Gasteiger partial charge < -0.3 is 30.6 Å². The van der Waals surface area contributed by atoms with E-state index in [1.165, 1.54) is 30.6 Å². The van der Waals surface area contributed by atoms with Crippen molar-refractivity contribution in [2.75, 3.05) is 35.6 Å². The van der Waals surface area contributed by atoms with Crippen molar-refractivity contribution in [1.82, 2.24) is 30.1 Å². The molecule has 0 saturated carbocycles. The van der Waals surface area contributed by atoms with Crippen LogP contribution in [0.1, 0.15) is 84.2 Å². The first-order chi connectivity index (χ1) is 32.4. The largest absolute Gasteiger partial charge is 0.573 e. The summed E-state index contributed by atoms with van der Waals surface area (Å²) in [5.41, 5.74) is 10.6. The third kappa shape index (κ3) is 10.1. The molecule has 5 N–H and O–H groups in total. The maximum absolute atomic E-state index is 15.1. The van der Waals surface area contributed by atoms with Crippen molar-refractivity contribution >= 4 is 63.7 Å². The van der Waals surface area contributed by atoms with E-state index < -0.39 is 41.9 Å². The first kappa shape index (κ1) is 47.1. The highest BCUT2D eigenvalue weighted by atomic mass is 19.4. The molecule has 0 radical (unpaired) electrons. The molecule has 3 atom stereocenters. The lowest BCUT2D eigenvalue weighted by Gasteiger charge is -2.27. The van der Waals surface area contributed by atoms with Crippen LogP contribution in [0.2, 0.25) is 0 Å². The quantitative estimate of drug-likeness (QED) is 0.0461. The van der Waals surface area contributed by atoms with Gasteiger partial charge in [-0.25, -0.2) is 14.4 Å². The Kier molecular flexibility index (Phi) is 13.5. The standard InChI is InChI=1S/C48H49F4N9O7/c1-26(6-4-14-54-36-23-33-32(22-35(36)49)46(66)61(47(33)67)38-11-12-39(62)58-45(38)65)18-27(2)44(64)55-15-5-16-59-24-34(41-42(53)56-25-57-43(41)59)29-9-10-37-30(21-29)13-17-60(37)40(63)20-28-7-3-8-31(19-28)68-48(50,51)52/h3,7-10,19,21-27,38,54H,4-6,11-18,20H2,1-2H3,(H,55,64)(H2,53,56,57)(H,58,62,65). The second kappa shape index (κ2) is 19.5. The number of nitrogens with two attached hydrogens (primary N) is 1. The third-order valence-electron chi connectivity index (χ3n) is 12.6. The highest BCUT2D eigenvalue weighted by molar-refractivity contribution is 6.23. The van der Waals surface area contributed by atoms with Crippen molar-refractivity contribution in [2.24, 2.45) is 11.8 Å².